The second kappa shape index (κ2) is 12.9. The standard InChI is InChI=1S/C13H9ClN2O3.C12H8ClN3O3/c14-12-7-6-10(16(18)19)8-11(12)13(17)15-9-4-2-1-3-5-9;13-11-2-1-9(16(18)19)7-10(11)12(17)15-8-3-5-14-6-4-8/h1-8H,(H,15,17);1-7H,(H,14,15,17). The Balaban J connectivity index is 0.000000211. The van der Waals surface area contributed by atoms with Crippen LogP contribution < -0.4 is 10.6 Å². The Morgan fingerprint density at radius 3 is 1.50 bits per heavy atom. The number of rotatable bonds is 6. The summed E-state index contributed by atoms with van der Waals surface area (Å²) in [5.41, 5.74) is 0.872. The molecule has 11 nitrogen and oxygen atoms in total. The molecule has 0 saturated heterocycles. The minimum absolute atomic E-state index is 0.0488. The molecule has 3 aromatic carbocycles. The Morgan fingerprint density at radius 1 is 0.658 bits per heavy atom. The maximum Gasteiger partial charge on any atom is 0.270 e. The number of halogens is 2. The zero-order valence-electron chi connectivity index (χ0n) is 19.2. The monoisotopic (exact) mass is 553 g/mol. The molecule has 192 valence electrons. The van der Waals surface area contributed by atoms with Crippen molar-refractivity contribution in [3.05, 3.63) is 133 Å². The van der Waals surface area contributed by atoms with Gasteiger partial charge in [-0.15, -0.1) is 0 Å². The molecule has 2 amide bonds. The molecule has 13 heteroatoms. The van der Waals surface area contributed by atoms with Gasteiger partial charge in [0.1, 0.15) is 0 Å². The third kappa shape index (κ3) is 7.56. The zero-order chi connectivity index (χ0) is 27.7. The number of pyridine rings is 1. The summed E-state index contributed by atoms with van der Waals surface area (Å²) in [7, 11) is 0. The van der Waals surface area contributed by atoms with E-state index >= 15 is 0 Å². The van der Waals surface area contributed by atoms with Crippen molar-refractivity contribution in [1.29, 1.82) is 0 Å². The lowest BCUT2D eigenvalue weighted by atomic mass is 10.2. The molecule has 0 aliphatic carbocycles. The normalized spacial score (nSPS) is 9.95. The molecule has 0 saturated carbocycles. The van der Waals surface area contributed by atoms with Crippen LogP contribution in [0.25, 0.3) is 0 Å². The van der Waals surface area contributed by atoms with E-state index in [0.717, 1.165) is 12.1 Å². The molecule has 0 radical (unpaired) electrons. The fourth-order valence-electron chi connectivity index (χ4n) is 2.96. The lowest BCUT2D eigenvalue weighted by molar-refractivity contribution is -0.385. The predicted molar refractivity (Wildman–Crippen MR) is 143 cm³/mol. The second-order valence-electron chi connectivity index (χ2n) is 7.35. The molecule has 4 aromatic rings. The van der Waals surface area contributed by atoms with E-state index in [9.17, 15) is 29.8 Å². The van der Waals surface area contributed by atoms with Crippen molar-refractivity contribution in [2.75, 3.05) is 10.6 Å². The minimum Gasteiger partial charge on any atom is -0.322 e. The quantitative estimate of drug-likeness (QED) is 0.206. The number of benzene rings is 3. The largest absolute Gasteiger partial charge is 0.322 e. The first kappa shape index (κ1) is 27.7. The van der Waals surface area contributed by atoms with Crippen molar-refractivity contribution in [3.63, 3.8) is 0 Å². The summed E-state index contributed by atoms with van der Waals surface area (Å²) in [6.07, 6.45) is 3.04. The first-order valence-corrected chi connectivity index (χ1v) is 11.4. The molecule has 38 heavy (non-hydrogen) atoms. The highest BCUT2D eigenvalue weighted by Crippen LogP contribution is 2.24. The van der Waals surface area contributed by atoms with Crippen LogP contribution in [0.1, 0.15) is 20.7 Å². The number of carbonyl (C=O) groups is 2. The zero-order valence-corrected chi connectivity index (χ0v) is 20.7. The molecule has 0 unspecified atom stereocenters. The summed E-state index contributed by atoms with van der Waals surface area (Å²) in [6, 6.07) is 19.4. The number of hydrogen-bond acceptors (Lipinski definition) is 7. The van der Waals surface area contributed by atoms with Gasteiger partial charge in [0.2, 0.25) is 0 Å². The van der Waals surface area contributed by atoms with Crippen molar-refractivity contribution in [1.82, 2.24) is 4.98 Å². The summed E-state index contributed by atoms with van der Waals surface area (Å²) >= 11 is 11.7. The third-order valence-electron chi connectivity index (χ3n) is 4.78. The van der Waals surface area contributed by atoms with Crippen LogP contribution in [0.5, 0.6) is 0 Å². The van der Waals surface area contributed by atoms with E-state index in [-0.39, 0.29) is 32.5 Å². The first-order valence-electron chi connectivity index (χ1n) is 10.6. The molecule has 4 rings (SSSR count). The highest BCUT2D eigenvalue weighted by molar-refractivity contribution is 6.35. The highest BCUT2D eigenvalue weighted by Gasteiger charge is 2.17. The maximum absolute atomic E-state index is 12.0. The van der Waals surface area contributed by atoms with Gasteiger partial charge in [0.05, 0.1) is 31.0 Å². The number of nitro groups is 2. The fourth-order valence-corrected chi connectivity index (χ4v) is 3.36. The molecule has 0 aliphatic rings. The van der Waals surface area contributed by atoms with Crippen LogP contribution in [-0.4, -0.2) is 26.6 Å². The van der Waals surface area contributed by atoms with Crippen molar-refractivity contribution >= 4 is 57.8 Å². The molecule has 0 atom stereocenters. The van der Waals surface area contributed by atoms with Gasteiger partial charge in [0, 0.05) is 48.0 Å². The maximum atomic E-state index is 12.0. The number of nitrogens with one attached hydrogen (secondary N) is 2. The molecule has 1 heterocycles. The summed E-state index contributed by atoms with van der Waals surface area (Å²) in [6.45, 7) is 0. The molecular weight excluding hydrogens is 537 g/mol. The van der Waals surface area contributed by atoms with Gasteiger partial charge in [-0.1, -0.05) is 41.4 Å². The number of amides is 2. The lowest BCUT2D eigenvalue weighted by Gasteiger charge is -2.06. The smallest absolute Gasteiger partial charge is 0.270 e. The summed E-state index contributed by atoms with van der Waals surface area (Å²) in [4.78, 5) is 48.0. The van der Waals surface area contributed by atoms with Gasteiger partial charge < -0.3 is 10.6 Å². The molecule has 0 fully saturated rings. The van der Waals surface area contributed by atoms with Crippen LogP contribution in [0.2, 0.25) is 10.0 Å². The Labute approximate surface area is 225 Å². The van der Waals surface area contributed by atoms with Gasteiger partial charge in [-0.05, 0) is 36.4 Å². The van der Waals surface area contributed by atoms with Crippen LogP contribution in [0, 0.1) is 20.2 Å². The molecule has 1 aromatic heterocycles. The van der Waals surface area contributed by atoms with Gasteiger partial charge in [0.25, 0.3) is 23.2 Å². The van der Waals surface area contributed by atoms with E-state index in [0.29, 0.717) is 11.4 Å². The number of non-ortho nitro benzene ring substituents is 2. The van der Waals surface area contributed by atoms with E-state index in [1.54, 1.807) is 36.4 Å². The SMILES string of the molecule is O=C(Nc1ccccc1)c1cc([N+](=O)[O-])ccc1Cl.O=C(Nc1ccncc1)c1cc([N+](=O)[O-])ccc1Cl. The topological polar surface area (TPSA) is 157 Å². The molecule has 2 N–H and O–H groups in total. The van der Waals surface area contributed by atoms with E-state index < -0.39 is 21.7 Å². The molecular formula is C25H17Cl2N5O6. The molecule has 0 spiro atoms. The highest BCUT2D eigenvalue weighted by atomic mass is 35.5. The predicted octanol–water partition coefficient (Wildman–Crippen LogP) is 6.40. The summed E-state index contributed by atoms with van der Waals surface area (Å²) in [5, 5.41) is 26.9. The number of anilines is 2. The number of aromatic nitrogens is 1. The average Bonchev–Trinajstić information content (AvgIpc) is 2.90. The molecule has 0 aliphatic heterocycles. The Bertz CT molecular complexity index is 1370. The van der Waals surface area contributed by atoms with Crippen LogP contribution in [0.3, 0.4) is 0 Å². The van der Waals surface area contributed by atoms with Crippen molar-refractivity contribution < 1.29 is 19.4 Å². The number of para-hydroxylation sites is 1. The van der Waals surface area contributed by atoms with Crippen LogP contribution in [0.4, 0.5) is 22.7 Å². The summed E-state index contributed by atoms with van der Waals surface area (Å²) < 4.78 is 0. The lowest BCUT2D eigenvalue weighted by Crippen LogP contribution is -2.12. The van der Waals surface area contributed by atoms with Gasteiger partial charge in [-0.3, -0.25) is 34.8 Å². The average molecular weight is 554 g/mol. The van der Waals surface area contributed by atoms with Gasteiger partial charge >= 0.3 is 0 Å². The number of hydrogen-bond donors (Lipinski definition) is 2. The van der Waals surface area contributed by atoms with E-state index in [1.807, 2.05) is 6.07 Å². The Hall–Kier alpha value is -4.87. The third-order valence-corrected chi connectivity index (χ3v) is 5.44. The fraction of sp³-hybridized carbons (Fsp3) is 0. The minimum atomic E-state index is -0.584. The van der Waals surface area contributed by atoms with Gasteiger partial charge in [-0.2, -0.15) is 0 Å². The van der Waals surface area contributed by atoms with Gasteiger partial charge in [0.15, 0.2) is 0 Å². The second-order valence-corrected chi connectivity index (χ2v) is 8.17. The van der Waals surface area contributed by atoms with Crippen molar-refractivity contribution in [3.8, 4) is 0 Å². The Morgan fingerprint density at radius 2 is 1.08 bits per heavy atom. The van der Waals surface area contributed by atoms with E-state index in [4.69, 9.17) is 23.2 Å². The van der Waals surface area contributed by atoms with Crippen LogP contribution in [-0.2, 0) is 0 Å². The van der Waals surface area contributed by atoms with Crippen molar-refractivity contribution in [2.24, 2.45) is 0 Å². The van der Waals surface area contributed by atoms with Crippen LogP contribution >= 0.6 is 23.2 Å². The van der Waals surface area contributed by atoms with Crippen molar-refractivity contribution in [2.45, 2.75) is 0 Å². The Kier molecular flexibility index (Phi) is 9.41. The first-order chi connectivity index (χ1) is 18.2. The number of nitrogens with zero attached hydrogens (tertiary/aromatic N) is 3. The summed E-state index contributed by atoms with van der Waals surface area (Å²) in [5.74, 6) is -1.00. The number of carbonyl (C=O) groups excluding carboxylic acids is 2. The van der Waals surface area contributed by atoms with Crippen LogP contribution in [0.15, 0.2) is 91.3 Å². The van der Waals surface area contributed by atoms with E-state index in [2.05, 4.69) is 15.6 Å². The van der Waals surface area contributed by atoms with E-state index in [1.165, 1.54) is 36.7 Å². The van der Waals surface area contributed by atoms with Gasteiger partial charge in [-0.25, -0.2) is 0 Å². The number of nitro benzene ring substituents is 2. The molecule has 0 bridgehead atoms.